The monoisotopic (exact) mass is 382 g/mol. The number of rotatable bonds is 7. The van der Waals surface area contributed by atoms with Gasteiger partial charge in [-0.2, -0.15) is 0 Å². The number of nitrogens with zero attached hydrogens (tertiary/aromatic N) is 3. The maximum Gasteiger partial charge on any atom is 0.194 e. The number of morpholine rings is 1. The normalized spacial score (nSPS) is 28.7. The number of hydrogen-bond acceptors (Lipinski definition) is 5. The van der Waals surface area contributed by atoms with Crippen LogP contribution in [-0.2, 0) is 14.2 Å². The summed E-state index contributed by atoms with van der Waals surface area (Å²) in [5.41, 5.74) is 0. The zero-order chi connectivity index (χ0) is 18.9. The number of likely N-dealkylation sites (tertiary alicyclic amines) is 1. The van der Waals surface area contributed by atoms with E-state index < -0.39 is 0 Å². The minimum Gasteiger partial charge on any atom is -0.383 e. The van der Waals surface area contributed by atoms with E-state index >= 15 is 0 Å². The Kier molecular flexibility index (Phi) is 8.64. The van der Waals surface area contributed by atoms with Crippen molar-refractivity contribution in [3.05, 3.63) is 0 Å². The van der Waals surface area contributed by atoms with E-state index in [4.69, 9.17) is 19.2 Å². The van der Waals surface area contributed by atoms with E-state index in [0.29, 0.717) is 5.92 Å². The molecule has 0 spiro atoms. The standard InChI is InChI=1S/C20H38N4O3/c1-3-21-20(22-15-17-6-8-23(9-7-17)10-13-25-2)24-11-14-27-19(16-24)18-5-4-12-26-18/h17-19H,3-16H2,1-2H3,(H,21,22). The van der Waals surface area contributed by atoms with E-state index in [1.54, 1.807) is 7.11 Å². The van der Waals surface area contributed by atoms with Crippen molar-refractivity contribution in [1.29, 1.82) is 0 Å². The van der Waals surface area contributed by atoms with E-state index in [0.717, 1.165) is 71.3 Å². The average Bonchev–Trinajstić information content (AvgIpc) is 3.25. The highest BCUT2D eigenvalue weighted by Crippen LogP contribution is 2.21. The van der Waals surface area contributed by atoms with Crippen LogP contribution in [0.15, 0.2) is 4.99 Å². The Morgan fingerprint density at radius 1 is 1.11 bits per heavy atom. The summed E-state index contributed by atoms with van der Waals surface area (Å²) in [6.07, 6.45) is 5.17. The molecule has 2 unspecified atom stereocenters. The van der Waals surface area contributed by atoms with E-state index in [1.165, 1.54) is 25.9 Å². The number of methoxy groups -OCH3 is 1. The fraction of sp³-hybridized carbons (Fsp3) is 0.950. The first-order valence-electron chi connectivity index (χ1n) is 10.8. The molecule has 0 aliphatic carbocycles. The van der Waals surface area contributed by atoms with Gasteiger partial charge >= 0.3 is 0 Å². The van der Waals surface area contributed by atoms with Crippen molar-refractivity contribution in [2.75, 3.05) is 72.7 Å². The highest BCUT2D eigenvalue weighted by molar-refractivity contribution is 5.80. The van der Waals surface area contributed by atoms with Crippen molar-refractivity contribution in [2.45, 2.75) is 44.8 Å². The molecular formula is C20H38N4O3. The van der Waals surface area contributed by atoms with Gasteiger partial charge in [-0.25, -0.2) is 0 Å². The van der Waals surface area contributed by atoms with E-state index in [-0.39, 0.29) is 12.2 Å². The molecule has 3 fully saturated rings. The molecule has 0 aromatic carbocycles. The molecule has 7 nitrogen and oxygen atoms in total. The zero-order valence-corrected chi connectivity index (χ0v) is 17.2. The SMILES string of the molecule is CCNC(=NCC1CCN(CCOC)CC1)N1CCOC(C2CCCO2)C1. The fourth-order valence-electron chi connectivity index (χ4n) is 4.24. The number of ether oxygens (including phenoxy) is 3. The minimum atomic E-state index is 0.175. The largest absolute Gasteiger partial charge is 0.383 e. The first-order chi connectivity index (χ1) is 13.3. The molecule has 3 aliphatic rings. The van der Waals surface area contributed by atoms with Gasteiger partial charge in [0.1, 0.15) is 6.10 Å². The number of guanidine groups is 1. The van der Waals surface area contributed by atoms with Crippen molar-refractivity contribution < 1.29 is 14.2 Å². The lowest BCUT2D eigenvalue weighted by Crippen LogP contribution is -2.53. The summed E-state index contributed by atoms with van der Waals surface area (Å²) in [6.45, 7) is 11.6. The highest BCUT2D eigenvalue weighted by Gasteiger charge is 2.32. The van der Waals surface area contributed by atoms with Crippen LogP contribution in [-0.4, -0.2) is 101 Å². The number of piperidine rings is 1. The molecule has 3 saturated heterocycles. The van der Waals surface area contributed by atoms with Crippen LogP contribution in [0.4, 0.5) is 0 Å². The van der Waals surface area contributed by atoms with Gasteiger partial charge in [-0.3, -0.25) is 4.99 Å². The Labute approximate surface area is 164 Å². The summed E-state index contributed by atoms with van der Waals surface area (Å²) in [5.74, 6) is 1.73. The number of aliphatic imine (C=N–C) groups is 1. The molecule has 156 valence electrons. The van der Waals surface area contributed by atoms with Crippen LogP contribution in [0.3, 0.4) is 0 Å². The summed E-state index contributed by atoms with van der Waals surface area (Å²) >= 11 is 0. The molecule has 27 heavy (non-hydrogen) atoms. The van der Waals surface area contributed by atoms with Crippen LogP contribution in [0, 0.1) is 5.92 Å². The molecule has 0 saturated carbocycles. The summed E-state index contributed by atoms with van der Waals surface area (Å²) in [7, 11) is 1.78. The average molecular weight is 383 g/mol. The van der Waals surface area contributed by atoms with Crippen LogP contribution in [0.5, 0.6) is 0 Å². The molecule has 3 rings (SSSR count). The predicted molar refractivity (Wildman–Crippen MR) is 107 cm³/mol. The predicted octanol–water partition coefficient (Wildman–Crippen LogP) is 1.19. The van der Waals surface area contributed by atoms with Gasteiger partial charge in [0.05, 0.1) is 19.3 Å². The molecular weight excluding hydrogens is 344 g/mol. The van der Waals surface area contributed by atoms with E-state index in [1.807, 2.05) is 0 Å². The molecule has 3 aliphatic heterocycles. The van der Waals surface area contributed by atoms with Crippen molar-refractivity contribution >= 4 is 5.96 Å². The van der Waals surface area contributed by atoms with Gasteiger partial charge in [0, 0.05) is 46.4 Å². The lowest BCUT2D eigenvalue weighted by molar-refractivity contribution is -0.0817. The smallest absolute Gasteiger partial charge is 0.194 e. The van der Waals surface area contributed by atoms with Crippen LogP contribution in [0.25, 0.3) is 0 Å². The second-order valence-electron chi connectivity index (χ2n) is 7.88. The lowest BCUT2D eigenvalue weighted by Gasteiger charge is -2.37. The third-order valence-corrected chi connectivity index (χ3v) is 5.93. The molecule has 7 heteroatoms. The van der Waals surface area contributed by atoms with Crippen molar-refractivity contribution in [3.8, 4) is 0 Å². The van der Waals surface area contributed by atoms with Gasteiger partial charge in [-0.05, 0) is 51.6 Å². The van der Waals surface area contributed by atoms with Gasteiger partial charge in [0.2, 0.25) is 0 Å². The second kappa shape index (κ2) is 11.2. The summed E-state index contributed by atoms with van der Waals surface area (Å²) in [5, 5.41) is 3.49. The second-order valence-corrected chi connectivity index (χ2v) is 7.88. The Bertz CT molecular complexity index is 449. The Morgan fingerprint density at radius 3 is 2.63 bits per heavy atom. The van der Waals surface area contributed by atoms with Gasteiger partial charge in [0.15, 0.2) is 5.96 Å². The van der Waals surface area contributed by atoms with Crippen LogP contribution < -0.4 is 5.32 Å². The van der Waals surface area contributed by atoms with Crippen LogP contribution in [0.2, 0.25) is 0 Å². The van der Waals surface area contributed by atoms with Crippen molar-refractivity contribution in [2.24, 2.45) is 10.9 Å². The molecule has 0 aromatic heterocycles. The summed E-state index contributed by atoms with van der Waals surface area (Å²) in [4.78, 5) is 9.87. The third kappa shape index (κ3) is 6.31. The van der Waals surface area contributed by atoms with Crippen LogP contribution >= 0.6 is 0 Å². The van der Waals surface area contributed by atoms with Crippen molar-refractivity contribution in [1.82, 2.24) is 15.1 Å². The van der Waals surface area contributed by atoms with Crippen molar-refractivity contribution in [3.63, 3.8) is 0 Å². The van der Waals surface area contributed by atoms with Gasteiger partial charge < -0.3 is 29.3 Å². The van der Waals surface area contributed by atoms with Gasteiger partial charge in [-0.1, -0.05) is 0 Å². The zero-order valence-electron chi connectivity index (χ0n) is 17.2. The van der Waals surface area contributed by atoms with Crippen LogP contribution in [0.1, 0.15) is 32.6 Å². The van der Waals surface area contributed by atoms with Gasteiger partial charge in [0.25, 0.3) is 0 Å². The topological polar surface area (TPSA) is 58.6 Å². The summed E-state index contributed by atoms with van der Waals surface area (Å²) < 4.78 is 17.0. The Morgan fingerprint density at radius 2 is 1.93 bits per heavy atom. The number of hydrogen-bond donors (Lipinski definition) is 1. The molecule has 0 radical (unpaired) electrons. The Balaban J connectivity index is 1.49. The fourth-order valence-corrected chi connectivity index (χ4v) is 4.24. The first-order valence-corrected chi connectivity index (χ1v) is 10.8. The lowest BCUT2D eigenvalue weighted by atomic mass is 9.97. The molecule has 0 amide bonds. The molecule has 3 heterocycles. The highest BCUT2D eigenvalue weighted by atomic mass is 16.5. The number of nitrogens with one attached hydrogen (secondary N) is 1. The van der Waals surface area contributed by atoms with Gasteiger partial charge in [-0.15, -0.1) is 0 Å². The summed E-state index contributed by atoms with van der Waals surface area (Å²) in [6, 6.07) is 0. The molecule has 0 aromatic rings. The maximum atomic E-state index is 5.99. The molecule has 2 atom stereocenters. The van der Waals surface area contributed by atoms with E-state index in [2.05, 4.69) is 22.0 Å². The van der Waals surface area contributed by atoms with E-state index in [9.17, 15) is 0 Å². The minimum absolute atomic E-state index is 0.175. The Hall–Kier alpha value is -0.890. The maximum absolute atomic E-state index is 5.99. The molecule has 0 bridgehead atoms. The quantitative estimate of drug-likeness (QED) is 0.527. The first kappa shape index (κ1) is 20.8. The molecule has 1 N–H and O–H groups in total. The third-order valence-electron chi connectivity index (χ3n) is 5.93.